The molecule has 0 spiro atoms. The van der Waals surface area contributed by atoms with Gasteiger partial charge < -0.3 is 9.88 Å². The summed E-state index contributed by atoms with van der Waals surface area (Å²) in [4.78, 5) is 5.61. The molecule has 2 heterocycles. The molecule has 5 nitrogen and oxygen atoms in total. The molecular formula is C17H21ClN2O3S. The topological polar surface area (TPSA) is 62.4 Å². The van der Waals surface area contributed by atoms with Crippen molar-refractivity contribution in [1.82, 2.24) is 9.88 Å². The van der Waals surface area contributed by atoms with E-state index < -0.39 is 10.1 Å². The summed E-state index contributed by atoms with van der Waals surface area (Å²) in [5.74, 6) is 0.581. The number of nitrogens with one attached hydrogen (secondary N) is 1. The number of hydrogen-bond donors (Lipinski definition) is 1. The summed E-state index contributed by atoms with van der Waals surface area (Å²) < 4.78 is 27.7. The lowest BCUT2D eigenvalue weighted by molar-refractivity contribution is 0.0857. The van der Waals surface area contributed by atoms with Crippen molar-refractivity contribution in [3.8, 4) is 0 Å². The third-order valence-electron chi connectivity index (χ3n) is 5.40. The average Bonchev–Trinajstić information content (AvgIpc) is 2.83. The van der Waals surface area contributed by atoms with Gasteiger partial charge in [0.15, 0.2) is 0 Å². The molecule has 2 aliphatic rings. The van der Waals surface area contributed by atoms with Gasteiger partial charge in [-0.15, -0.1) is 0 Å². The summed E-state index contributed by atoms with van der Waals surface area (Å²) in [6, 6.07) is 6.70. The molecule has 1 unspecified atom stereocenters. The number of hydrogen-bond acceptors (Lipinski definition) is 4. The lowest BCUT2D eigenvalue weighted by Gasteiger charge is -2.45. The second-order valence-corrected chi connectivity index (χ2v) is 9.12. The molecule has 1 aromatic carbocycles. The van der Waals surface area contributed by atoms with Gasteiger partial charge in [0.25, 0.3) is 10.1 Å². The molecule has 1 aliphatic heterocycles. The fourth-order valence-corrected chi connectivity index (χ4v) is 5.15. The third kappa shape index (κ3) is 2.75. The smallest absolute Gasteiger partial charge is 0.264 e. The van der Waals surface area contributed by atoms with Crippen LogP contribution in [-0.2, 0) is 20.7 Å². The van der Waals surface area contributed by atoms with Crippen LogP contribution in [-0.4, -0.2) is 50.8 Å². The van der Waals surface area contributed by atoms with Gasteiger partial charge in [-0.3, -0.25) is 4.18 Å². The van der Waals surface area contributed by atoms with E-state index in [0.717, 1.165) is 36.3 Å². The average molecular weight is 369 g/mol. The number of halogens is 1. The summed E-state index contributed by atoms with van der Waals surface area (Å²) in [5.41, 5.74) is 3.61. The molecule has 1 N–H and O–H groups in total. The standard InChI is InChI=1S/C17H21ClN2O3S/c1-20-8-10(9-23-24(2,21)22)6-12-11-4-3-5-14-16(11)13(7-15(12)20)17(18)19-14/h3-5,10,12,15,19H,6-9H2,1-2H3/t10?,12-,15-/m1/s1. The highest BCUT2D eigenvalue weighted by atomic mass is 35.5. The Balaban J connectivity index is 1.69. The van der Waals surface area contributed by atoms with Crippen molar-refractivity contribution < 1.29 is 12.6 Å². The van der Waals surface area contributed by atoms with Crippen molar-refractivity contribution in [1.29, 1.82) is 0 Å². The fraction of sp³-hybridized carbons (Fsp3) is 0.529. The Kier molecular flexibility index (Phi) is 3.91. The first-order valence-corrected chi connectivity index (χ1v) is 10.4. The van der Waals surface area contributed by atoms with Crippen molar-refractivity contribution in [3.63, 3.8) is 0 Å². The number of aromatic amines is 1. The van der Waals surface area contributed by atoms with Crippen LogP contribution in [0.3, 0.4) is 0 Å². The molecule has 0 bridgehead atoms. The van der Waals surface area contributed by atoms with Crippen LogP contribution in [0.2, 0.25) is 5.15 Å². The first-order valence-electron chi connectivity index (χ1n) is 8.17. The highest BCUT2D eigenvalue weighted by Crippen LogP contribution is 2.46. The Bertz CT molecular complexity index is 893. The second-order valence-electron chi connectivity index (χ2n) is 7.10. The van der Waals surface area contributed by atoms with E-state index in [4.69, 9.17) is 15.8 Å². The fourth-order valence-electron chi connectivity index (χ4n) is 4.44. The minimum absolute atomic E-state index is 0.206. The zero-order chi connectivity index (χ0) is 17.1. The number of likely N-dealkylation sites (N-methyl/N-ethyl adjacent to an activating group) is 1. The Morgan fingerprint density at radius 2 is 2.21 bits per heavy atom. The SMILES string of the molecule is CN1CC(COS(C)(=O)=O)C[C@@H]2c3cccc4[nH]c(Cl)c(c34)C[C@H]21. The molecule has 0 radical (unpaired) electrons. The van der Waals surface area contributed by atoms with Gasteiger partial charge in [0.1, 0.15) is 5.15 Å². The van der Waals surface area contributed by atoms with Gasteiger partial charge in [-0.25, -0.2) is 0 Å². The highest BCUT2D eigenvalue weighted by molar-refractivity contribution is 7.85. The van der Waals surface area contributed by atoms with Crippen molar-refractivity contribution >= 4 is 32.6 Å². The molecule has 1 saturated heterocycles. The lowest BCUT2D eigenvalue weighted by atomic mass is 9.72. The number of likely N-dealkylation sites (tertiary alicyclic amines) is 1. The number of rotatable bonds is 3. The molecular weight excluding hydrogens is 348 g/mol. The Hall–Kier alpha value is -1.08. The maximum atomic E-state index is 11.3. The summed E-state index contributed by atoms with van der Waals surface area (Å²) in [7, 11) is -1.29. The zero-order valence-corrected chi connectivity index (χ0v) is 15.3. The molecule has 1 aromatic heterocycles. The maximum absolute atomic E-state index is 11.3. The Morgan fingerprint density at radius 1 is 1.42 bits per heavy atom. The highest BCUT2D eigenvalue weighted by Gasteiger charge is 2.40. The molecule has 1 fully saturated rings. The maximum Gasteiger partial charge on any atom is 0.264 e. The van der Waals surface area contributed by atoms with E-state index in [-0.39, 0.29) is 12.5 Å². The predicted octanol–water partition coefficient (Wildman–Crippen LogP) is 2.76. The summed E-state index contributed by atoms with van der Waals surface area (Å²) >= 11 is 6.42. The van der Waals surface area contributed by atoms with Gasteiger partial charge in [0, 0.05) is 29.4 Å². The molecule has 4 rings (SSSR count). The Morgan fingerprint density at radius 3 is 2.96 bits per heavy atom. The van der Waals surface area contributed by atoms with Crippen molar-refractivity contribution in [2.24, 2.45) is 5.92 Å². The quantitative estimate of drug-likeness (QED) is 0.846. The van der Waals surface area contributed by atoms with E-state index in [9.17, 15) is 8.42 Å². The van der Waals surface area contributed by atoms with Crippen LogP contribution in [0, 0.1) is 5.92 Å². The minimum atomic E-state index is -3.40. The molecule has 1 aliphatic carbocycles. The lowest BCUT2D eigenvalue weighted by Crippen LogP contribution is -2.48. The van der Waals surface area contributed by atoms with Gasteiger partial charge in [0.2, 0.25) is 0 Å². The largest absolute Gasteiger partial charge is 0.345 e. The zero-order valence-electron chi connectivity index (χ0n) is 13.8. The molecule has 7 heteroatoms. The summed E-state index contributed by atoms with van der Waals surface area (Å²) in [6.07, 6.45) is 2.97. The van der Waals surface area contributed by atoms with Gasteiger partial charge >= 0.3 is 0 Å². The first kappa shape index (κ1) is 16.4. The van der Waals surface area contributed by atoms with Crippen molar-refractivity contribution in [3.05, 3.63) is 34.5 Å². The van der Waals surface area contributed by atoms with E-state index in [2.05, 4.69) is 35.1 Å². The van der Waals surface area contributed by atoms with Crippen molar-refractivity contribution in [2.45, 2.75) is 24.8 Å². The number of H-pyrrole nitrogens is 1. The molecule has 2 aromatic rings. The van der Waals surface area contributed by atoms with Crippen LogP contribution in [0.25, 0.3) is 10.9 Å². The van der Waals surface area contributed by atoms with Gasteiger partial charge in [-0.1, -0.05) is 23.7 Å². The predicted molar refractivity (Wildman–Crippen MR) is 95.1 cm³/mol. The van der Waals surface area contributed by atoms with Crippen LogP contribution in [0.1, 0.15) is 23.5 Å². The van der Waals surface area contributed by atoms with E-state index in [1.54, 1.807) is 0 Å². The second kappa shape index (κ2) is 5.73. The van der Waals surface area contributed by atoms with E-state index in [0.29, 0.717) is 12.0 Å². The van der Waals surface area contributed by atoms with Crippen LogP contribution in [0.4, 0.5) is 0 Å². The monoisotopic (exact) mass is 368 g/mol. The minimum Gasteiger partial charge on any atom is -0.345 e. The van der Waals surface area contributed by atoms with E-state index >= 15 is 0 Å². The van der Waals surface area contributed by atoms with Crippen LogP contribution in [0.5, 0.6) is 0 Å². The third-order valence-corrected chi connectivity index (χ3v) is 6.29. The van der Waals surface area contributed by atoms with Gasteiger partial charge in [-0.2, -0.15) is 8.42 Å². The molecule has 0 amide bonds. The first-order chi connectivity index (χ1) is 11.3. The molecule has 24 heavy (non-hydrogen) atoms. The molecule has 3 atom stereocenters. The van der Waals surface area contributed by atoms with Crippen LogP contribution in [0.15, 0.2) is 18.2 Å². The summed E-state index contributed by atoms with van der Waals surface area (Å²) in [5, 5.41) is 1.99. The Labute approximate surface area is 147 Å². The van der Waals surface area contributed by atoms with E-state index in [1.807, 2.05) is 0 Å². The molecule has 130 valence electrons. The van der Waals surface area contributed by atoms with Crippen LogP contribution < -0.4 is 0 Å². The number of piperidine rings is 1. The van der Waals surface area contributed by atoms with E-state index in [1.165, 1.54) is 16.5 Å². The van der Waals surface area contributed by atoms with Crippen molar-refractivity contribution in [2.75, 3.05) is 26.5 Å². The van der Waals surface area contributed by atoms with Gasteiger partial charge in [-0.05, 0) is 43.0 Å². The number of aromatic nitrogens is 1. The number of nitrogens with zero attached hydrogens (tertiary/aromatic N) is 1. The van der Waals surface area contributed by atoms with Gasteiger partial charge in [0.05, 0.1) is 12.9 Å². The summed E-state index contributed by atoms with van der Waals surface area (Å²) in [6.45, 7) is 1.09. The number of benzene rings is 1. The molecule has 0 saturated carbocycles. The van der Waals surface area contributed by atoms with Crippen LogP contribution >= 0.6 is 11.6 Å². The number of fused-ring (bicyclic) bond motifs is 2. The normalized spacial score (nSPS) is 27.4.